The maximum Gasteiger partial charge on any atom is 0.0301 e. The molecule has 0 aliphatic rings. The fourth-order valence-electron chi connectivity index (χ4n) is 0.870. The molecule has 0 aliphatic carbocycles. The van der Waals surface area contributed by atoms with Crippen LogP contribution in [0.25, 0.3) is 0 Å². The lowest BCUT2D eigenvalue weighted by molar-refractivity contribution is 1.00. The molecule has 1 aromatic carbocycles. The Bertz CT molecular complexity index is 208. The van der Waals surface area contributed by atoms with Gasteiger partial charge in [-0.05, 0) is 11.1 Å². The molecule has 0 atom stereocenters. The van der Waals surface area contributed by atoms with E-state index in [-0.39, 0.29) is 0 Å². The normalized spacial score (nSPS) is 10.0. The first-order valence-corrected chi connectivity index (χ1v) is 4.56. The van der Waals surface area contributed by atoms with Gasteiger partial charge in [-0.3, -0.25) is 3.53 Å². The van der Waals surface area contributed by atoms with Crippen LogP contribution in [0.4, 0.5) is 0 Å². The van der Waals surface area contributed by atoms with Crippen LogP contribution in [-0.4, -0.2) is 0 Å². The summed E-state index contributed by atoms with van der Waals surface area (Å²) in [6.45, 7) is 1.53. The Morgan fingerprint density at radius 3 is 2.18 bits per heavy atom. The molecule has 0 unspecified atom stereocenters. The monoisotopic (exact) mass is 262 g/mol. The van der Waals surface area contributed by atoms with Gasteiger partial charge in [-0.15, -0.1) is 0 Å². The van der Waals surface area contributed by atoms with Gasteiger partial charge < -0.3 is 5.73 Å². The number of halogens is 1. The van der Waals surface area contributed by atoms with Crippen molar-refractivity contribution in [2.75, 3.05) is 0 Å². The Hall–Kier alpha value is -0.130. The lowest BCUT2D eigenvalue weighted by atomic mass is 10.1. The Kier molecular flexibility index (Phi) is 3.82. The van der Waals surface area contributed by atoms with Crippen LogP contribution in [0.2, 0.25) is 0 Å². The summed E-state index contributed by atoms with van der Waals surface area (Å²) in [6, 6.07) is 8.30. The quantitative estimate of drug-likeness (QED) is 0.641. The van der Waals surface area contributed by atoms with E-state index in [1.807, 2.05) is 0 Å². The molecule has 0 heterocycles. The van der Waals surface area contributed by atoms with Gasteiger partial charge in [0.1, 0.15) is 0 Å². The molecule has 0 fully saturated rings. The average Bonchev–Trinajstić information content (AvgIpc) is 2.07. The zero-order chi connectivity index (χ0) is 8.10. The van der Waals surface area contributed by atoms with Gasteiger partial charge in [-0.1, -0.05) is 24.3 Å². The third-order valence-corrected chi connectivity index (χ3v) is 1.91. The Balaban J connectivity index is 2.66. The second kappa shape index (κ2) is 4.69. The first-order chi connectivity index (χ1) is 5.36. The van der Waals surface area contributed by atoms with E-state index < -0.39 is 0 Å². The van der Waals surface area contributed by atoms with Crippen LogP contribution < -0.4 is 9.26 Å². The fourth-order valence-corrected chi connectivity index (χ4v) is 1.31. The Morgan fingerprint density at radius 1 is 1.18 bits per heavy atom. The molecule has 0 radical (unpaired) electrons. The summed E-state index contributed by atoms with van der Waals surface area (Å²) >= 11 is 2.13. The van der Waals surface area contributed by atoms with Crippen LogP contribution in [0.1, 0.15) is 11.1 Å². The number of rotatable bonds is 3. The molecule has 0 bridgehead atoms. The smallest absolute Gasteiger partial charge is 0.0301 e. The van der Waals surface area contributed by atoms with Crippen molar-refractivity contribution in [2.24, 2.45) is 5.73 Å². The Morgan fingerprint density at radius 2 is 1.73 bits per heavy atom. The SMILES string of the molecule is NCc1ccc(CNI)cc1. The van der Waals surface area contributed by atoms with E-state index in [1.54, 1.807) is 0 Å². The number of nitrogens with one attached hydrogen (secondary N) is 1. The highest BCUT2D eigenvalue weighted by Gasteiger charge is 1.90. The van der Waals surface area contributed by atoms with Crippen LogP contribution in [-0.2, 0) is 13.1 Å². The van der Waals surface area contributed by atoms with Gasteiger partial charge in [0.25, 0.3) is 0 Å². The van der Waals surface area contributed by atoms with E-state index in [1.165, 1.54) is 11.1 Å². The number of nitrogens with two attached hydrogens (primary N) is 1. The summed E-state index contributed by atoms with van der Waals surface area (Å²) in [5.74, 6) is 0. The van der Waals surface area contributed by atoms with Gasteiger partial charge >= 0.3 is 0 Å². The average molecular weight is 262 g/mol. The van der Waals surface area contributed by atoms with E-state index in [9.17, 15) is 0 Å². The third kappa shape index (κ3) is 2.76. The van der Waals surface area contributed by atoms with E-state index in [4.69, 9.17) is 5.73 Å². The Labute approximate surface area is 80.7 Å². The van der Waals surface area contributed by atoms with E-state index in [0.717, 1.165) is 6.54 Å². The molecule has 0 saturated carbocycles. The van der Waals surface area contributed by atoms with Crippen molar-refractivity contribution in [2.45, 2.75) is 13.1 Å². The summed E-state index contributed by atoms with van der Waals surface area (Å²) in [4.78, 5) is 0. The van der Waals surface area contributed by atoms with Gasteiger partial charge in [-0.25, -0.2) is 0 Å². The minimum Gasteiger partial charge on any atom is -0.326 e. The summed E-state index contributed by atoms with van der Waals surface area (Å²) < 4.78 is 3.06. The van der Waals surface area contributed by atoms with Crippen LogP contribution >= 0.6 is 22.9 Å². The second-order valence-electron chi connectivity index (χ2n) is 2.33. The standard InChI is InChI=1S/C8H11IN2/c9-11-6-8-3-1-7(5-10)2-4-8/h1-4,11H,5-6,10H2. The van der Waals surface area contributed by atoms with E-state index in [0.29, 0.717) is 6.54 Å². The van der Waals surface area contributed by atoms with Crippen molar-refractivity contribution in [1.29, 1.82) is 0 Å². The minimum absolute atomic E-state index is 0.623. The summed E-state index contributed by atoms with van der Waals surface area (Å²) in [5, 5.41) is 0. The zero-order valence-corrected chi connectivity index (χ0v) is 8.34. The predicted octanol–water partition coefficient (Wildman–Crippen LogP) is 1.58. The molecule has 2 nitrogen and oxygen atoms in total. The van der Waals surface area contributed by atoms with E-state index >= 15 is 0 Å². The maximum atomic E-state index is 5.46. The molecule has 1 aromatic rings. The van der Waals surface area contributed by atoms with Crippen molar-refractivity contribution >= 4 is 22.9 Å². The van der Waals surface area contributed by atoms with Crippen molar-refractivity contribution in [3.05, 3.63) is 35.4 Å². The van der Waals surface area contributed by atoms with Crippen LogP contribution in [0, 0.1) is 0 Å². The molecule has 11 heavy (non-hydrogen) atoms. The van der Waals surface area contributed by atoms with Crippen molar-refractivity contribution in [3.63, 3.8) is 0 Å². The molecule has 0 spiro atoms. The molecular formula is C8H11IN2. The first kappa shape index (κ1) is 8.96. The van der Waals surface area contributed by atoms with Gasteiger partial charge in [0, 0.05) is 36.0 Å². The van der Waals surface area contributed by atoms with Gasteiger partial charge in [0.15, 0.2) is 0 Å². The second-order valence-corrected chi connectivity index (χ2v) is 3.09. The molecule has 3 N–H and O–H groups in total. The molecule has 0 saturated heterocycles. The van der Waals surface area contributed by atoms with Gasteiger partial charge in [-0.2, -0.15) is 0 Å². The highest BCUT2D eigenvalue weighted by atomic mass is 127. The largest absolute Gasteiger partial charge is 0.326 e. The van der Waals surface area contributed by atoms with Gasteiger partial charge in [0.05, 0.1) is 0 Å². The summed E-state index contributed by atoms with van der Waals surface area (Å²) in [5.41, 5.74) is 7.93. The molecule has 1 rings (SSSR count). The fraction of sp³-hybridized carbons (Fsp3) is 0.250. The molecular weight excluding hydrogens is 251 g/mol. The molecule has 0 aliphatic heterocycles. The van der Waals surface area contributed by atoms with E-state index in [2.05, 4.69) is 50.7 Å². The molecule has 0 amide bonds. The highest BCUT2D eigenvalue weighted by molar-refractivity contribution is 14.1. The van der Waals surface area contributed by atoms with Crippen molar-refractivity contribution in [1.82, 2.24) is 3.53 Å². The maximum absolute atomic E-state index is 5.46. The highest BCUT2D eigenvalue weighted by Crippen LogP contribution is 2.03. The predicted molar refractivity (Wildman–Crippen MR) is 55.2 cm³/mol. The van der Waals surface area contributed by atoms with Gasteiger partial charge in [0.2, 0.25) is 0 Å². The number of benzene rings is 1. The number of hydrogen-bond acceptors (Lipinski definition) is 2. The van der Waals surface area contributed by atoms with Crippen molar-refractivity contribution < 1.29 is 0 Å². The lowest BCUT2D eigenvalue weighted by Crippen LogP contribution is -1.99. The molecule has 60 valence electrons. The third-order valence-electron chi connectivity index (χ3n) is 1.53. The minimum atomic E-state index is 0.623. The van der Waals surface area contributed by atoms with Crippen molar-refractivity contribution in [3.8, 4) is 0 Å². The molecule has 0 aromatic heterocycles. The topological polar surface area (TPSA) is 38.0 Å². The van der Waals surface area contributed by atoms with Crippen LogP contribution in [0.15, 0.2) is 24.3 Å². The lowest BCUT2D eigenvalue weighted by Gasteiger charge is -1.99. The summed E-state index contributed by atoms with van der Waals surface area (Å²) in [6.07, 6.45) is 0. The number of hydrogen-bond donors (Lipinski definition) is 2. The molecule has 3 heteroatoms. The summed E-state index contributed by atoms with van der Waals surface area (Å²) in [7, 11) is 0. The van der Waals surface area contributed by atoms with Crippen LogP contribution in [0.3, 0.4) is 0 Å². The zero-order valence-electron chi connectivity index (χ0n) is 6.18. The van der Waals surface area contributed by atoms with Crippen LogP contribution in [0.5, 0.6) is 0 Å². The first-order valence-electron chi connectivity index (χ1n) is 3.48.